The SMILES string of the molecule is Cc1cc(C(=O)N[C@@H]2CC[C@H](C(=O)O)C2)cc([N+](=O)[O-])c1. The van der Waals surface area contributed by atoms with Crippen molar-refractivity contribution in [2.24, 2.45) is 5.92 Å². The van der Waals surface area contributed by atoms with Crippen LogP contribution in [0.1, 0.15) is 35.2 Å². The topological polar surface area (TPSA) is 110 Å². The van der Waals surface area contributed by atoms with Gasteiger partial charge in [-0.1, -0.05) is 0 Å². The molecule has 0 saturated heterocycles. The van der Waals surface area contributed by atoms with E-state index in [1.54, 1.807) is 13.0 Å². The van der Waals surface area contributed by atoms with E-state index in [9.17, 15) is 19.7 Å². The van der Waals surface area contributed by atoms with Crippen molar-refractivity contribution in [2.45, 2.75) is 32.2 Å². The van der Waals surface area contributed by atoms with Crippen LogP contribution < -0.4 is 5.32 Å². The Balaban J connectivity index is 2.07. The van der Waals surface area contributed by atoms with Crippen LogP contribution in [0.25, 0.3) is 0 Å². The van der Waals surface area contributed by atoms with Gasteiger partial charge in [0.15, 0.2) is 0 Å². The number of carboxylic acid groups (broad SMARTS) is 1. The molecule has 0 aromatic heterocycles. The predicted molar refractivity (Wildman–Crippen MR) is 74.1 cm³/mol. The number of carbonyl (C=O) groups is 2. The van der Waals surface area contributed by atoms with Crippen molar-refractivity contribution in [1.29, 1.82) is 0 Å². The second-order valence-corrected chi connectivity index (χ2v) is 5.33. The third-order valence-corrected chi connectivity index (χ3v) is 3.65. The fourth-order valence-corrected chi connectivity index (χ4v) is 2.61. The fourth-order valence-electron chi connectivity index (χ4n) is 2.61. The Hall–Kier alpha value is -2.44. The molecule has 1 amide bonds. The number of hydrogen-bond donors (Lipinski definition) is 2. The number of nitrogens with one attached hydrogen (secondary N) is 1. The maximum atomic E-state index is 12.1. The highest BCUT2D eigenvalue weighted by molar-refractivity contribution is 5.95. The van der Waals surface area contributed by atoms with Gasteiger partial charge < -0.3 is 10.4 Å². The van der Waals surface area contributed by atoms with Crippen LogP contribution in [0.15, 0.2) is 18.2 Å². The highest BCUT2D eigenvalue weighted by Crippen LogP contribution is 2.26. The number of amides is 1. The van der Waals surface area contributed by atoms with Gasteiger partial charge in [-0.15, -0.1) is 0 Å². The molecular formula is C14H16N2O5. The van der Waals surface area contributed by atoms with Crippen LogP contribution >= 0.6 is 0 Å². The smallest absolute Gasteiger partial charge is 0.306 e. The summed E-state index contributed by atoms with van der Waals surface area (Å²) in [6.45, 7) is 1.68. The van der Waals surface area contributed by atoms with Crippen molar-refractivity contribution in [2.75, 3.05) is 0 Å². The van der Waals surface area contributed by atoms with Gasteiger partial charge in [0.1, 0.15) is 0 Å². The van der Waals surface area contributed by atoms with Crippen LogP contribution in [0.5, 0.6) is 0 Å². The van der Waals surface area contributed by atoms with Gasteiger partial charge in [0.2, 0.25) is 0 Å². The summed E-state index contributed by atoms with van der Waals surface area (Å²) in [6, 6.07) is 4.00. The van der Waals surface area contributed by atoms with Crippen molar-refractivity contribution in [1.82, 2.24) is 5.32 Å². The Kier molecular flexibility index (Phi) is 4.21. The molecule has 0 spiro atoms. The molecule has 1 aliphatic rings. The molecule has 1 aromatic rings. The Labute approximate surface area is 121 Å². The molecule has 7 heteroatoms. The summed E-state index contributed by atoms with van der Waals surface area (Å²) in [5.74, 6) is -1.68. The minimum absolute atomic E-state index is 0.130. The Morgan fingerprint density at radius 1 is 1.33 bits per heavy atom. The third kappa shape index (κ3) is 3.56. The zero-order valence-corrected chi connectivity index (χ0v) is 11.5. The average Bonchev–Trinajstić information content (AvgIpc) is 2.86. The summed E-state index contributed by atoms with van der Waals surface area (Å²) in [7, 11) is 0. The quantitative estimate of drug-likeness (QED) is 0.650. The molecule has 0 radical (unpaired) electrons. The zero-order valence-electron chi connectivity index (χ0n) is 11.5. The van der Waals surface area contributed by atoms with Gasteiger partial charge in [-0.2, -0.15) is 0 Å². The monoisotopic (exact) mass is 292 g/mol. The number of carbonyl (C=O) groups excluding carboxylic acids is 1. The standard InChI is InChI=1S/C14H16N2O5/c1-8-4-10(7-12(5-8)16(20)21)13(17)15-11-3-2-9(6-11)14(18)19/h4-5,7,9,11H,2-3,6H2,1H3,(H,15,17)(H,18,19)/t9-,11+/m0/s1. The average molecular weight is 292 g/mol. The first-order chi connectivity index (χ1) is 9.86. The molecule has 7 nitrogen and oxygen atoms in total. The van der Waals surface area contributed by atoms with Crippen LogP contribution in [0.2, 0.25) is 0 Å². The van der Waals surface area contributed by atoms with Crippen molar-refractivity contribution < 1.29 is 19.6 Å². The van der Waals surface area contributed by atoms with Crippen LogP contribution in [-0.2, 0) is 4.79 Å². The molecule has 0 aliphatic heterocycles. The van der Waals surface area contributed by atoms with Gasteiger partial charge >= 0.3 is 5.97 Å². The molecule has 1 aromatic carbocycles. The number of rotatable bonds is 4. The summed E-state index contributed by atoms with van der Waals surface area (Å²) < 4.78 is 0. The molecular weight excluding hydrogens is 276 g/mol. The van der Waals surface area contributed by atoms with Crippen molar-refractivity contribution >= 4 is 17.6 Å². The highest BCUT2D eigenvalue weighted by Gasteiger charge is 2.30. The summed E-state index contributed by atoms with van der Waals surface area (Å²) in [5, 5.41) is 22.5. The molecule has 0 heterocycles. The summed E-state index contributed by atoms with van der Waals surface area (Å²) >= 11 is 0. The Morgan fingerprint density at radius 2 is 2.05 bits per heavy atom. The highest BCUT2D eigenvalue weighted by atomic mass is 16.6. The first-order valence-electron chi connectivity index (χ1n) is 6.66. The molecule has 2 atom stereocenters. The predicted octanol–water partition coefficient (Wildman–Crippen LogP) is 1.89. The second kappa shape index (κ2) is 5.90. The molecule has 2 N–H and O–H groups in total. The van der Waals surface area contributed by atoms with Gasteiger partial charge in [-0.3, -0.25) is 19.7 Å². The number of non-ortho nitro benzene ring substituents is 1. The number of hydrogen-bond acceptors (Lipinski definition) is 4. The lowest BCUT2D eigenvalue weighted by atomic mass is 10.1. The lowest BCUT2D eigenvalue weighted by Crippen LogP contribution is -2.33. The number of nitrogens with zero attached hydrogens (tertiary/aromatic N) is 1. The molecule has 1 fully saturated rings. The van der Waals surface area contributed by atoms with E-state index >= 15 is 0 Å². The Morgan fingerprint density at radius 3 is 2.62 bits per heavy atom. The van der Waals surface area contributed by atoms with E-state index in [1.807, 2.05) is 0 Å². The van der Waals surface area contributed by atoms with Crippen LogP contribution in [0.4, 0.5) is 5.69 Å². The van der Waals surface area contributed by atoms with Crippen LogP contribution in [0, 0.1) is 23.0 Å². The van der Waals surface area contributed by atoms with Crippen molar-refractivity contribution in [3.63, 3.8) is 0 Å². The first-order valence-corrected chi connectivity index (χ1v) is 6.66. The third-order valence-electron chi connectivity index (χ3n) is 3.65. The first kappa shape index (κ1) is 15.0. The minimum Gasteiger partial charge on any atom is -0.481 e. The summed E-state index contributed by atoms with van der Waals surface area (Å²) in [4.78, 5) is 33.3. The van der Waals surface area contributed by atoms with E-state index in [4.69, 9.17) is 5.11 Å². The maximum absolute atomic E-state index is 12.1. The zero-order chi connectivity index (χ0) is 15.6. The Bertz CT molecular complexity index is 599. The molecule has 21 heavy (non-hydrogen) atoms. The summed E-state index contributed by atoms with van der Waals surface area (Å²) in [6.07, 6.45) is 1.54. The number of benzene rings is 1. The largest absolute Gasteiger partial charge is 0.481 e. The molecule has 1 saturated carbocycles. The minimum atomic E-state index is -0.849. The van der Waals surface area contributed by atoms with Crippen molar-refractivity contribution in [3.8, 4) is 0 Å². The van der Waals surface area contributed by atoms with E-state index in [2.05, 4.69) is 5.32 Å². The van der Waals surface area contributed by atoms with Gasteiger partial charge in [-0.25, -0.2) is 0 Å². The van der Waals surface area contributed by atoms with Crippen LogP contribution in [0.3, 0.4) is 0 Å². The number of aliphatic carboxylic acids is 1. The normalized spacial score (nSPS) is 21.0. The van der Waals surface area contributed by atoms with E-state index < -0.39 is 22.7 Å². The maximum Gasteiger partial charge on any atom is 0.306 e. The van der Waals surface area contributed by atoms with Crippen molar-refractivity contribution in [3.05, 3.63) is 39.4 Å². The van der Waals surface area contributed by atoms with E-state index in [1.165, 1.54) is 12.1 Å². The second-order valence-electron chi connectivity index (χ2n) is 5.33. The summed E-state index contributed by atoms with van der Waals surface area (Å²) in [5.41, 5.74) is 0.722. The molecule has 0 unspecified atom stereocenters. The van der Waals surface area contributed by atoms with Gasteiger partial charge in [-0.05, 0) is 37.8 Å². The fraction of sp³-hybridized carbons (Fsp3) is 0.429. The van der Waals surface area contributed by atoms with E-state index in [0.717, 1.165) is 0 Å². The lowest BCUT2D eigenvalue weighted by Gasteiger charge is -2.12. The number of carboxylic acids is 1. The van der Waals surface area contributed by atoms with Gasteiger partial charge in [0.05, 0.1) is 10.8 Å². The van der Waals surface area contributed by atoms with E-state index in [-0.39, 0.29) is 17.3 Å². The lowest BCUT2D eigenvalue weighted by molar-refractivity contribution is -0.384. The molecule has 2 rings (SSSR count). The molecule has 0 bridgehead atoms. The van der Waals surface area contributed by atoms with Gasteiger partial charge in [0.25, 0.3) is 11.6 Å². The van der Waals surface area contributed by atoms with Gasteiger partial charge in [0, 0.05) is 23.7 Å². The molecule has 112 valence electrons. The van der Waals surface area contributed by atoms with E-state index in [0.29, 0.717) is 24.8 Å². The number of nitro benzene ring substituents is 1. The number of aryl methyl sites for hydroxylation is 1. The number of nitro groups is 1. The van der Waals surface area contributed by atoms with Crippen LogP contribution in [-0.4, -0.2) is 27.9 Å². The molecule has 1 aliphatic carbocycles.